The Bertz CT molecular complexity index is 534. The van der Waals surface area contributed by atoms with Crippen molar-refractivity contribution in [2.24, 2.45) is 0 Å². The minimum absolute atomic E-state index is 0.00180. The van der Waals surface area contributed by atoms with Crippen LogP contribution >= 0.6 is 11.3 Å². The summed E-state index contributed by atoms with van der Waals surface area (Å²) in [5, 5.41) is 17.7. The van der Waals surface area contributed by atoms with E-state index in [2.05, 4.69) is 0 Å². The summed E-state index contributed by atoms with van der Waals surface area (Å²) < 4.78 is 25.5. The number of carboxylic acids is 1. The standard InChI is InChI=1S/C10H15NO5S2/c1-3-11(4-5-12)18(15,16)8-6-7(2)9(17-8)10(13)14/h6,12H,3-5H2,1-2H3,(H,13,14). The zero-order valence-corrected chi connectivity index (χ0v) is 11.7. The van der Waals surface area contributed by atoms with Gasteiger partial charge in [0.15, 0.2) is 0 Å². The summed E-state index contributed by atoms with van der Waals surface area (Å²) in [5.74, 6) is -1.14. The molecule has 0 bridgehead atoms. The van der Waals surface area contributed by atoms with E-state index in [0.29, 0.717) is 5.56 Å². The van der Waals surface area contributed by atoms with Gasteiger partial charge < -0.3 is 10.2 Å². The van der Waals surface area contributed by atoms with Crippen LogP contribution in [0.25, 0.3) is 0 Å². The molecule has 0 amide bonds. The molecular formula is C10H15NO5S2. The summed E-state index contributed by atoms with van der Waals surface area (Å²) in [6.07, 6.45) is 0. The van der Waals surface area contributed by atoms with E-state index in [4.69, 9.17) is 10.2 Å². The second-order valence-electron chi connectivity index (χ2n) is 3.60. The summed E-state index contributed by atoms with van der Waals surface area (Å²) in [6.45, 7) is 3.16. The molecule has 0 fully saturated rings. The Labute approximate surface area is 110 Å². The number of nitrogens with zero attached hydrogens (tertiary/aromatic N) is 1. The number of aryl methyl sites for hydroxylation is 1. The van der Waals surface area contributed by atoms with Gasteiger partial charge in [-0.2, -0.15) is 4.31 Å². The van der Waals surface area contributed by atoms with Gasteiger partial charge in [0.2, 0.25) is 0 Å². The summed E-state index contributed by atoms with van der Waals surface area (Å²) in [4.78, 5) is 10.9. The van der Waals surface area contributed by atoms with Gasteiger partial charge in [0, 0.05) is 13.1 Å². The maximum atomic E-state index is 12.2. The molecule has 1 rings (SSSR count). The SMILES string of the molecule is CCN(CCO)S(=O)(=O)c1cc(C)c(C(=O)O)s1. The number of carboxylic acid groups (broad SMARTS) is 1. The van der Waals surface area contributed by atoms with Crippen molar-refractivity contribution < 1.29 is 23.4 Å². The van der Waals surface area contributed by atoms with Crippen LogP contribution in [0.15, 0.2) is 10.3 Å². The highest BCUT2D eigenvalue weighted by Crippen LogP contribution is 2.28. The van der Waals surface area contributed by atoms with E-state index in [1.807, 2.05) is 0 Å². The van der Waals surface area contributed by atoms with Crippen molar-refractivity contribution in [3.8, 4) is 0 Å². The number of carbonyl (C=O) groups is 1. The molecule has 0 aliphatic carbocycles. The van der Waals surface area contributed by atoms with Crippen molar-refractivity contribution in [2.45, 2.75) is 18.1 Å². The van der Waals surface area contributed by atoms with Crippen LogP contribution in [-0.4, -0.2) is 48.6 Å². The van der Waals surface area contributed by atoms with Crippen LogP contribution in [0.5, 0.6) is 0 Å². The molecule has 0 saturated carbocycles. The fraction of sp³-hybridized carbons (Fsp3) is 0.500. The van der Waals surface area contributed by atoms with E-state index in [1.165, 1.54) is 6.07 Å². The largest absolute Gasteiger partial charge is 0.477 e. The number of rotatable bonds is 6. The molecule has 0 spiro atoms. The lowest BCUT2D eigenvalue weighted by Gasteiger charge is -2.17. The predicted octanol–water partition coefficient (Wildman–Crippen LogP) is 0.758. The van der Waals surface area contributed by atoms with E-state index < -0.39 is 16.0 Å². The average Bonchev–Trinajstić information content (AvgIpc) is 2.68. The number of aromatic carboxylic acids is 1. The van der Waals surface area contributed by atoms with Crippen molar-refractivity contribution in [3.05, 3.63) is 16.5 Å². The summed E-state index contributed by atoms with van der Waals surface area (Å²) in [6, 6.07) is 1.35. The molecule has 0 radical (unpaired) electrons. The first kappa shape index (κ1) is 15.1. The van der Waals surface area contributed by atoms with E-state index in [0.717, 1.165) is 15.6 Å². The molecule has 18 heavy (non-hydrogen) atoms. The minimum Gasteiger partial charge on any atom is -0.477 e. The third-order valence-electron chi connectivity index (χ3n) is 2.39. The van der Waals surface area contributed by atoms with Gasteiger partial charge in [-0.05, 0) is 18.6 Å². The second kappa shape index (κ2) is 5.79. The van der Waals surface area contributed by atoms with Crippen molar-refractivity contribution in [1.29, 1.82) is 0 Å². The number of thiophene rings is 1. The molecule has 0 unspecified atom stereocenters. The van der Waals surface area contributed by atoms with Crippen LogP contribution in [-0.2, 0) is 10.0 Å². The molecule has 1 aromatic heterocycles. The molecule has 0 aliphatic heterocycles. The Morgan fingerprint density at radius 2 is 2.11 bits per heavy atom. The first-order valence-corrected chi connectivity index (χ1v) is 7.55. The van der Waals surface area contributed by atoms with Crippen LogP contribution in [0.1, 0.15) is 22.2 Å². The number of hydrogen-bond acceptors (Lipinski definition) is 5. The van der Waals surface area contributed by atoms with Gasteiger partial charge in [-0.15, -0.1) is 11.3 Å². The fourth-order valence-corrected chi connectivity index (χ4v) is 4.45. The van der Waals surface area contributed by atoms with Gasteiger partial charge >= 0.3 is 5.97 Å². The zero-order valence-electron chi connectivity index (χ0n) is 10.1. The third-order valence-corrected chi connectivity index (χ3v) is 6.03. The molecule has 1 aromatic rings. The number of aliphatic hydroxyl groups excluding tert-OH is 1. The van der Waals surface area contributed by atoms with Gasteiger partial charge in [-0.3, -0.25) is 0 Å². The number of aliphatic hydroxyl groups is 1. The molecule has 0 aromatic carbocycles. The van der Waals surface area contributed by atoms with Gasteiger partial charge in [0.25, 0.3) is 10.0 Å². The Balaban J connectivity index is 3.20. The van der Waals surface area contributed by atoms with Crippen molar-refractivity contribution in [3.63, 3.8) is 0 Å². The monoisotopic (exact) mass is 293 g/mol. The number of hydrogen-bond donors (Lipinski definition) is 2. The summed E-state index contributed by atoms with van der Waals surface area (Å²) >= 11 is 0.733. The summed E-state index contributed by atoms with van der Waals surface area (Å²) in [7, 11) is -3.72. The molecule has 102 valence electrons. The Morgan fingerprint density at radius 1 is 1.50 bits per heavy atom. The first-order chi connectivity index (χ1) is 8.34. The fourth-order valence-electron chi connectivity index (χ4n) is 1.48. The van der Waals surface area contributed by atoms with Crippen molar-refractivity contribution >= 4 is 27.3 Å². The number of likely N-dealkylation sites (N-methyl/N-ethyl adjacent to an activating group) is 1. The topological polar surface area (TPSA) is 94.9 Å². The van der Waals surface area contributed by atoms with Crippen LogP contribution in [0.4, 0.5) is 0 Å². The van der Waals surface area contributed by atoms with Crippen molar-refractivity contribution in [1.82, 2.24) is 4.31 Å². The second-order valence-corrected chi connectivity index (χ2v) is 6.82. The molecule has 8 heteroatoms. The van der Waals surface area contributed by atoms with Crippen LogP contribution in [0.3, 0.4) is 0 Å². The molecule has 0 aliphatic rings. The predicted molar refractivity (Wildman–Crippen MR) is 67.5 cm³/mol. The summed E-state index contributed by atoms with van der Waals surface area (Å²) in [5.41, 5.74) is 0.422. The van der Waals surface area contributed by atoms with E-state index in [-0.39, 0.29) is 28.8 Å². The van der Waals surface area contributed by atoms with E-state index >= 15 is 0 Å². The lowest BCUT2D eigenvalue weighted by Crippen LogP contribution is -2.32. The molecular weight excluding hydrogens is 278 g/mol. The average molecular weight is 293 g/mol. The Kier molecular flexibility index (Phi) is 4.85. The Hall–Kier alpha value is -0.960. The molecule has 1 heterocycles. The minimum atomic E-state index is -3.72. The highest BCUT2D eigenvalue weighted by molar-refractivity contribution is 7.91. The lowest BCUT2D eigenvalue weighted by molar-refractivity contribution is 0.0701. The quantitative estimate of drug-likeness (QED) is 0.807. The first-order valence-electron chi connectivity index (χ1n) is 5.29. The maximum Gasteiger partial charge on any atom is 0.346 e. The van der Waals surface area contributed by atoms with Gasteiger partial charge in [-0.25, -0.2) is 13.2 Å². The lowest BCUT2D eigenvalue weighted by atomic mass is 10.3. The zero-order chi connectivity index (χ0) is 13.9. The molecule has 0 atom stereocenters. The molecule has 6 nitrogen and oxygen atoms in total. The van der Waals surface area contributed by atoms with Crippen molar-refractivity contribution in [2.75, 3.05) is 19.7 Å². The van der Waals surface area contributed by atoms with Gasteiger partial charge in [-0.1, -0.05) is 6.92 Å². The Morgan fingerprint density at radius 3 is 2.50 bits per heavy atom. The van der Waals surface area contributed by atoms with E-state index in [1.54, 1.807) is 13.8 Å². The van der Waals surface area contributed by atoms with Crippen LogP contribution in [0.2, 0.25) is 0 Å². The normalized spacial score (nSPS) is 12.0. The maximum absolute atomic E-state index is 12.2. The van der Waals surface area contributed by atoms with Crippen LogP contribution < -0.4 is 0 Å². The van der Waals surface area contributed by atoms with Crippen LogP contribution in [0, 0.1) is 6.92 Å². The third kappa shape index (κ3) is 2.89. The smallest absolute Gasteiger partial charge is 0.346 e. The highest BCUT2D eigenvalue weighted by atomic mass is 32.2. The molecule has 2 N–H and O–H groups in total. The van der Waals surface area contributed by atoms with Gasteiger partial charge in [0.1, 0.15) is 9.09 Å². The molecule has 0 saturated heterocycles. The van der Waals surface area contributed by atoms with E-state index in [9.17, 15) is 13.2 Å². The highest BCUT2D eigenvalue weighted by Gasteiger charge is 2.26. The number of sulfonamides is 1. The van der Waals surface area contributed by atoms with Gasteiger partial charge in [0.05, 0.1) is 6.61 Å².